The number of thiophene rings is 1. The number of nitrogens with one attached hydrogen (secondary N) is 1. The van der Waals surface area contributed by atoms with E-state index in [1.54, 1.807) is 5.38 Å². The van der Waals surface area contributed by atoms with Crippen LogP contribution in [0.5, 0.6) is 0 Å². The van der Waals surface area contributed by atoms with E-state index in [9.17, 15) is 13.2 Å². The second kappa shape index (κ2) is 8.23. The molecular formula is C15H25N3O3S2. The molecule has 1 saturated heterocycles. The van der Waals surface area contributed by atoms with Gasteiger partial charge >= 0.3 is 0 Å². The summed E-state index contributed by atoms with van der Waals surface area (Å²) >= 11 is 1.18. The molecule has 0 atom stereocenters. The van der Waals surface area contributed by atoms with Crippen molar-refractivity contribution in [2.24, 2.45) is 0 Å². The second-order valence-corrected chi connectivity index (χ2v) is 8.33. The molecule has 1 amide bonds. The molecule has 1 aliphatic heterocycles. The first kappa shape index (κ1) is 18.4. The zero-order chi connectivity index (χ0) is 16.9. The predicted octanol–water partition coefficient (Wildman–Crippen LogP) is 1.60. The van der Waals surface area contributed by atoms with Gasteiger partial charge in [0.15, 0.2) is 0 Å². The van der Waals surface area contributed by atoms with Crippen LogP contribution in [0, 0.1) is 0 Å². The van der Waals surface area contributed by atoms with Gasteiger partial charge in [-0.2, -0.15) is 4.31 Å². The average Bonchev–Trinajstić information content (AvgIpc) is 3.23. The lowest BCUT2D eigenvalue weighted by Crippen LogP contribution is -2.35. The largest absolute Gasteiger partial charge is 0.350 e. The summed E-state index contributed by atoms with van der Waals surface area (Å²) in [7, 11) is -3.55. The van der Waals surface area contributed by atoms with Crippen LogP contribution in [0.3, 0.4) is 0 Å². The Morgan fingerprint density at radius 3 is 2.57 bits per heavy atom. The van der Waals surface area contributed by atoms with Crippen molar-refractivity contribution in [1.29, 1.82) is 0 Å². The van der Waals surface area contributed by atoms with Crippen molar-refractivity contribution in [2.75, 3.05) is 39.3 Å². The van der Waals surface area contributed by atoms with E-state index < -0.39 is 10.0 Å². The molecule has 0 spiro atoms. The third-order valence-electron chi connectivity index (χ3n) is 4.13. The van der Waals surface area contributed by atoms with Crippen LogP contribution in [-0.4, -0.2) is 62.8 Å². The number of carbonyl (C=O) groups is 1. The van der Waals surface area contributed by atoms with Crippen LogP contribution < -0.4 is 5.32 Å². The van der Waals surface area contributed by atoms with Gasteiger partial charge in [0.1, 0.15) is 9.77 Å². The van der Waals surface area contributed by atoms with E-state index in [2.05, 4.69) is 24.1 Å². The fourth-order valence-corrected chi connectivity index (χ4v) is 5.52. The molecule has 0 bridgehead atoms. The highest BCUT2D eigenvalue weighted by Gasteiger charge is 2.31. The van der Waals surface area contributed by atoms with Gasteiger partial charge in [-0.25, -0.2) is 8.42 Å². The van der Waals surface area contributed by atoms with Gasteiger partial charge in [0.05, 0.1) is 0 Å². The summed E-state index contributed by atoms with van der Waals surface area (Å²) in [5.74, 6) is -0.301. The Morgan fingerprint density at radius 2 is 1.96 bits per heavy atom. The number of likely N-dealkylation sites (N-methyl/N-ethyl adjacent to an activating group) is 1. The maximum Gasteiger partial charge on any atom is 0.262 e. The molecule has 2 heterocycles. The minimum Gasteiger partial charge on any atom is -0.350 e. The molecule has 1 aromatic rings. The molecule has 1 aromatic heterocycles. The normalized spacial score (nSPS) is 16.1. The first-order valence-corrected chi connectivity index (χ1v) is 10.4. The minimum atomic E-state index is -3.55. The molecule has 6 nitrogen and oxygen atoms in total. The fourth-order valence-electron chi connectivity index (χ4n) is 2.68. The average molecular weight is 360 g/mol. The Kier molecular flexibility index (Phi) is 6.58. The van der Waals surface area contributed by atoms with Crippen molar-refractivity contribution >= 4 is 27.3 Å². The number of sulfonamides is 1. The van der Waals surface area contributed by atoms with Gasteiger partial charge in [-0.15, -0.1) is 11.3 Å². The first-order valence-electron chi connectivity index (χ1n) is 8.08. The molecule has 0 aromatic carbocycles. The van der Waals surface area contributed by atoms with Crippen molar-refractivity contribution < 1.29 is 13.2 Å². The zero-order valence-electron chi connectivity index (χ0n) is 13.7. The number of carbonyl (C=O) groups excluding carboxylic acids is 1. The van der Waals surface area contributed by atoms with Crippen LogP contribution in [0.4, 0.5) is 0 Å². The Hall–Kier alpha value is -0.960. The second-order valence-electron chi connectivity index (χ2n) is 5.51. The molecule has 1 N–H and O–H groups in total. The van der Waals surface area contributed by atoms with Gasteiger partial charge in [-0.05, 0) is 37.4 Å². The summed E-state index contributed by atoms with van der Waals surface area (Å²) in [6.45, 7) is 8.37. The maximum atomic E-state index is 12.6. The summed E-state index contributed by atoms with van der Waals surface area (Å²) < 4.78 is 26.8. The molecule has 0 saturated carbocycles. The first-order chi connectivity index (χ1) is 11.0. The van der Waals surface area contributed by atoms with E-state index in [4.69, 9.17) is 0 Å². The van der Waals surface area contributed by atoms with Crippen molar-refractivity contribution in [3.05, 3.63) is 16.3 Å². The number of hydrogen-bond donors (Lipinski definition) is 1. The molecule has 23 heavy (non-hydrogen) atoms. The number of rotatable bonds is 8. The summed E-state index contributed by atoms with van der Waals surface area (Å²) in [6, 6.07) is 1.54. The Balaban J connectivity index is 2.04. The van der Waals surface area contributed by atoms with Crippen LogP contribution in [0.1, 0.15) is 36.4 Å². The van der Waals surface area contributed by atoms with E-state index in [-0.39, 0.29) is 15.7 Å². The zero-order valence-corrected chi connectivity index (χ0v) is 15.4. The Labute approximate surface area is 142 Å². The smallest absolute Gasteiger partial charge is 0.262 e. The summed E-state index contributed by atoms with van der Waals surface area (Å²) in [5.41, 5.74) is 0. The van der Waals surface area contributed by atoms with E-state index in [0.717, 1.165) is 32.5 Å². The molecule has 0 aliphatic carbocycles. The monoisotopic (exact) mass is 359 g/mol. The van der Waals surface area contributed by atoms with E-state index >= 15 is 0 Å². The lowest BCUT2D eigenvalue weighted by Gasteiger charge is -2.18. The van der Waals surface area contributed by atoms with Gasteiger partial charge in [-0.3, -0.25) is 4.79 Å². The number of hydrogen-bond acceptors (Lipinski definition) is 5. The van der Waals surface area contributed by atoms with E-state index in [1.807, 2.05) is 0 Å². The van der Waals surface area contributed by atoms with E-state index in [1.165, 1.54) is 21.7 Å². The Morgan fingerprint density at radius 1 is 1.30 bits per heavy atom. The summed E-state index contributed by atoms with van der Waals surface area (Å²) in [6.07, 6.45) is 1.77. The molecule has 8 heteroatoms. The molecule has 0 radical (unpaired) electrons. The van der Waals surface area contributed by atoms with E-state index in [0.29, 0.717) is 19.6 Å². The minimum absolute atomic E-state index is 0.143. The van der Waals surface area contributed by atoms with Gasteiger partial charge in [0, 0.05) is 26.2 Å². The van der Waals surface area contributed by atoms with Crippen LogP contribution in [0.15, 0.2) is 16.3 Å². The van der Waals surface area contributed by atoms with Crippen molar-refractivity contribution in [3.63, 3.8) is 0 Å². The molecule has 0 unspecified atom stereocenters. The highest BCUT2D eigenvalue weighted by molar-refractivity contribution is 7.89. The van der Waals surface area contributed by atoms with Gasteiger partial charge < -0.3 is 10.2 Å². The highest BCUT2D eigenvalue weighted by atomic mass is 32.2. The number of amides is 1. The van der Waals surface area contributed by atoms with Crippen molar-refractivity contribution in [2.45, 2.75) is 31.6 Å². The van der Waals surface area contributed by atoms with Crippen LogP contribution >= 0.6 is 11.3 Å². The van der Waals surface area contributed by atoms with Crippen molar-refractivity contribution in [1.82, 2.24) is 14.5 Å². The van der Waals surface area contributed by atoms with Crippen LogP contribution in [0.2, 0.25) is 0 Å². The molecule has 1 fully saturated rings. The van der Waals surface area contributed by atoms with Gasteiger partial charge in [0.25, 0.3) is 5.91 Å². The van der Waals surface area contributed by atoms with Gasteiger partial charge in [0.2, 0.25) is 10.0 Å². The lowest BCUT2D eigenvalue weighted by atomic mass is 10.4. The van der Waals surface area contributed by atoms with Gasteiger partial charge in [-0.1, -0.05) is 13.8 Å². The summed E-state index contributed by atoms with van der Waals surface area (Å²) in [4.78, 5) is 15.0. The summed E-state index contributed by atoms with van der Waals surface area (Å²) in [5, 5.41) is 4.50. The number of nitrogens with zero attached hydrogens (tertiary/aromatic N) is 2. The predicted molar refractivity (Wildman–Crippen MR) is 92.4 cm³/mol. The topological polar surface area (TPSA) is 69.7 Å². The fraction of sp³-hybridized carbons (Fsp3) is 0.667. The molecule has 1 aliphatic rings. The maximum absolute atomic E-state index is 12.6. The van der Waals surface area contributed by atoms with Crippen LogP contribution in [-0.2, 0) is 10.0 Å². The molecule has 130 valence electrons. The lowest BCUT2D eigenvalue weighted by molar-refractivity contribution is 0.0950. The third kappa shape index (κ3) is 4.32. The SMILES string of the molecule is CCN(CC)CCNC(=O)c1sccc1S(=O)(=O)N1CCCC1. The van der Waals surface area contributed by atoms with Crippen LogP contribution in [0.25, 0.3) is 0 Å². The van der Waals surface area contributed by atoms with Crippen molar-refractivity contribution in [3.8, 4) is 0 Å². The molecular weight excluding hydrogens is 334 g/mol. The molecule has 2 rings (SSSR count). The highest BCUT2D eigenvalue weighted by Crippen LogP contribution is 2.27. The third-order valence-corrected chi connectivity index (χ3v) is 7.11. The Bertz CT molecular complexity index is 618. The quantitative estimate of drug-likeness (QED) is 0.765. The standard InChI is InChI=1S/C15H25N3O3S2/c1-3-17(4-2)11-8-16-15(19)14-13(7-12-22-14)23(20,21)18-9-5-6-10-18/h7,12H,3-6,8-11H2,1-2H3,(H,16,19).